The first kappa shape index (κ1) is 12.4. The summed E-state index contributed by atoms with van der Waals surface area (Å²) in [7, 11) is 1.59. The highest BCUT2D eigenvalue weighted by Crippen LogP contribution is 2.20. The summed E-state index contributed by atoms with van der Waals surface area (Å²) in [5.74, 6) is -0.619. The minimum atomic E-state index is -0.627. The van der Waals surface area contributed by atoms with E-state index in [0.717, 1.165) is 12.5 Å². The number of non-ortho nitro benzene ring substituents is 1. The van der Waals surface area contributed by atoms with E-state index in [0.29, 0.717) is 13.2 Å². The highest BCUT2D eigenvalue weighted by molar-refractivity contribution is 5.49. The molecule has 0 aliphatic carbocycles. The third-order valence-corrected chi connectivity index (χ3v) is 2.00. The number of anilines is 1. The first-order valence-electron chi connectivity index (χ1n) is 4.82. The normalized spacial score (nSPS) is 10.1. The van der Waals surface area contributed by atoms with Crippen LogP contribution in [-0.4, -0.2) is 25.2 Å². The molecule has 0 fully saturated rings. The first-order valence-corrected chi connectivity index (χ1v) is 4.82. The van der Waals surface area contributed by atoms with Crippen molar-refractivity contribution in [1.29, 1.82) is 0 Å². The predicted octanol–water partition coefficient (Wildman–Crippen LogP) is 2.18. The summed E-state index contributed by atoms with van der Waals surface area (Å²) >= 11 is 0. The van der Waals surface area contributed by atoms with Gasteiger partial charge in [0.15, 0.2) is 5.82 Å². The van der Waals surface area contributed by atoms with E-state index in [1.807, 2.05) is 0 Å². The Morgan fingerprint density at radius 1 is 1.56 bits per heavy atom. The number of hydrogen-bond acceptors (Lipinski definition) is 4. The molecular formula is C10H13FN2O3. The Balaban J connectivity index is 2.57. The standard InChI is InChI=1S/C10H13FN2O3/c1-16-6-2-5-12-10-4-3-8(13(14)15)7-9(10)11/h3-4,7,12H,2,5-6H2,1H3. The highest BCUT2D eigenvalue weighted by atomic mass is 19.1. The number of methoxy groups -OCH3 is 1. The maximum Gasteiger partial charge on any atom is 0.272 e. The average Bonchev–Trinajstić information content (AvgIpc) is 2.26. The number of nitro benzene ring substituents is 1. The minimum absolute atomic E-state index is 0.250. The Kier molecular flexibility index (Phi) is 4.65. The smallest absolute Gasteiger partial charge is 0.272 e. The number of benzene rings is 1. The summed E-state index contributed by atoms with van der Waals surface area (Å²) in [4.78, 5) is 9.74. The Labute approximate surface area is 92.4 Å². The number of hydrogen-bond donors (Lipinski definition) is 1. The van der Waals surface area contributed by atoms with Crippen molar-refractivity contribution < 1.29 is 14.1 Å². The molecule has 16 heavy (non-hydrogen) atoms. The fourth-order valence-corrected chi connectivity index (χ4v) is 1.20. The molecule has 0 saturated carbocycles. The lowest BCUT2D eigenvalue weighted by molar-refractivity contribution is -0.385. The molecule has 0 bridgehead atoms. The van der Waals surface area contributed by atoms with E-state index >= 15 is 0 Å². The second-order valence-corrected chi connectivity index (χ2v) is 3.19. The zero-order valence-electron chi connectivity index (χ0n) is 8.90. The summed E-state index contributed by atoms with van der Waals surface area (Å²) in [5, 5.41) is 13.2. The van der Waals surface area contributed by atoms with Gasteiger partial charge in [-0.15, -0.1) is 0 Å². The molecule has 1 N–H and O–H groups in total. The molecular weight excluding hydrogens is 215 g/mol. The van der Waals surface area contributed by atoms with Gasteiger partial charge in [-0.2, -0.15) is 0 Å². The van der Waals surface area contributed by atoms with Gasteiger partial charge in [-0.25, -0.2) is 4.39 Å². The molecule has 0 aliphatic rings. The Morgan fingerprint density at radius 2 is 2.31 bits per heavy atom. The van der Waals surface area contributed by atoms with E-state index in [2.05, 4.69) is 5.32 Å². The number of ether oxygens (including phenoxy) is 1. The third kappa shape index (κ3) is 3.47. The highest BCUT2D eigenvalue weighted by Gasteiger charge is 2.09. The summed E-state index contributed by atoms with van der Waals surface area (Å²) in [6, 6.07) is 3.53. The lowest BCUT2D eigenvalue weighted by atomic mass is 10.2. The summed E-state index contributed by atoms with van der Waals surface area (Å²) < 4.78 is 18.2. The summed E-state index contributed by atoms with van der Waals surface area (Å²) in [6.07, 6.45) is 0.743. The largest absolute Gasteiger partial charge is 0.385 e. The van der Waals surface area contributed by atoms with Gasteiger partial charge in [0.05, 0.1) is 16.7 Å². The van der Waals surface area contributed by atoms with Crippen molar-refractivity contribution >= 4 is 11.4 Å². The Hall–Kier alpha value is -1.69. The van der Waals surface area contributed by atoms with Crippen LogP contribution in [-0.2, 0) is 4.74 Å². The van der Waals surface area contributed by atoms with E-state index in [4.69, 9.17) is 4.74 Å². The molecule has 0 atom stereocenters. The molecule has 1 rings (SSSR count). The van der Waals surface area contributed by atoms with Gasteiger partial charge in [0.25, 0.3) is 5.69 Å². The topological polar surface area (TPSA) is 64.4 Å². The molecule has 0 aliphatic heterocycles. The van der Waals surface area contributed by atoms with E-state index in [1.54, 1.807) is 7.11 Å². The van der Waals surface area contributed by atoms with Gasteiger partial charge in [0.1, 0.15) is 0 Å². The monoisotopic (exact) mass is 228 g/mol. The Morgan fingerprint density at radius 3 is 2.88 bits per heavy atom. The second-order valence-electron chi connectivity index (χ2n) is 3.19. The zero-order chi connectivity index (χ0) is 12.0. The van der Waals surface area contributed by atoms with Crippen molar-refractivity contribution in [2.45, 2.75) is 6.42 Å². The van der Waals surface area contributed by atoms with Crippen molar-refractivity contribution in [3.05, 3.63) is 34.1 Å². The summed E-state index contributed by atoms with van der Waals surface area (Å²) in [6.45, 7) is 1.14. The van der Waals surface area contributed by atoms with Gasteiger partial charge in [-0.05, 0) is 12.5 Å². The van der Waals surface area contributed by atoms with E-state index in [1.165, 1.54) is 12.1 Å². The molecule has 0 unspecified atom stereocenters. The van der Waals surface area contributed by atoms with Crippen molar-refractivity contribution in [2.24, 2.45) is 0 Å². The zero-order valence-corrected chi connectivity index (χ0v) is 8.90. The molecule has 5 nitrogen and oxygen atoms in total. The van der Waals surface area contributed by atoms with Crippen LogP contribution in [0.1, 0.15) is 6.42 Å². The quantitative estimate of drug-likeness (QED) is 0.460. The van der Waals surface area contributed by atoms with Gasteiger partial charge < -0.3 is 10.1 Å². The van der Waals surface area contributed by atoms with Crippen LogP contribution in [0.25, 0.3) is 0 Å². The lowest BCUT2D eigenvalue weighted by Gasteiger charge is -2.06. The minimum Gasteiger partial charge on any atom is -0.385 e. The molecule has 0 spiro atoms. The summed E-state index contributed by atoms with van der Waals surface area (Å²) in [5.41, 5.74) is 0.0154. The van der Waals surface area contributed by atoms with Gasteiger partial charge in [-0.1, -0.05) is 0 Å². The van der Waals surface area contributed by atoms with Crippen LogP contribution in [0.5, 0.6) is 0 Å². The van der Waals surface area contributed by atoms with Crippen LogP contribution < -0.4 is 5.32 Å². The van der Waals surface area contributed by atoms with Crippen LogP contribution in [0.2, 0.25) is 0 Å². The fourth-order valence-electron chi connectivity index (χ4n) is 1.20. The molecule has 0 radical (unpaired) electrons. The maximum atomic E-state index is 13.3. The molecule has 6 heteroatoms. The van der Waals surface area contributed by atoms with E-state index in [-0.39, 0.29) is 11.4 Å². The maximum absolute atomic E-state index is 13.3. The Bertz CT molecular complexity index is 371. The van der Waals surface area contributed by atoms with Crippen LogP contribution in [0.4, 0.5) is 15.8 Å². The first-order chi connectivity index (χ1) is 7.65. The fraction of sp³-hybridized carbons (Fsp3) is 0.400. The SMILES string of the molecule is COCCCNc1ccc([N+](=O)[O-])cc1F. The molecule has 0 aromatic heterocycles. The van der Waals surface area contributed by atoms with Crippen LogP contribution in [0, 0.1) is 15.9 Å². The van der Waals surface area contributed by atoms with Gasteiger partial charge in [0, 0.05) is 26.3 Å². The molecule has 1 aromatic rings. The van der Waals surface area contributed by atoms with Gasteiger partial charge in [-0.3, -0.25) is 10.1 Å². The van der Waals surface area contributed by atoms with Crippen molar-refractivity contribution in [2.75, 3.05) is 25.6 Å². The third-order valence-electron chi connectivity index (χ3n) is 2.00. The van der Waals surface area contributed by atoms with Gasteiger partial charge >= 0.3 is 0 Å². The average molecular weight is 228 g/mol. The number of rotatable bonds is 6. The molecule has 1 aromatic carbocycles. The van der Waals surface area contributed by atoms with Crippen LogP contribution in [0.15, 0.2) is 18.2 Å². The van der Waals surface area contributed by atoms with Crippen LogP contribution in [0.3, 0.4) is 0 Å². The van der Waals surface area contributed by atoms with Crippen molar-refractivity contribution in [3.63, 3.8) is 0 Å². The van der Waals surface area contributed by atoms with Crippen LogP contribution >= 0.6 is 0 Å². The van der Waals surface area contributed by atoms with Crippen molar-refractivity contribution in [1.82, 2.24) is 0 Å². The van der Waals surface area contributed by atoms with Crippen molar-refractivity contribution in [3.8, 4) is 0 Å². The molecule has 0 saturated heterocycles. The van der Waals surface area contributed by atoms with Gasteiger partial charge in [0.2, 0.25) is 0 Å². The second kappa shape index (κ2) is 6.02. The molecule has 88 valence electrons. The predicted molar refractivity (Wildman–Crippen MR) is 58.0 cm³/mol. The number of nitrogens with zero attached hydrogens (tertiary/aromatic N) is 1. The number of halogens is 1. The number of nitro groups is 1. The molecule has 0 heterocycles. The van der Waals surface area contributed by atoms with E-state index < -0.39 is 10.7 Å². The lowest BCUT2D eigenvalue weighted by Crippen LogP contribution is -2.06. The van der Waals surface area contributed by atoms with E-state index in [9.17, 15) is 14.5 Å². The molecule has 0 amide bonds. The number of nitrogens with one attached hydrogen (secondary N) is 1.